The van der Waals surface area contributed by atoms with Crippen LogP contribution in [0.15, 0.2) is 24.3 Å². The normalized spacial score (nSPS) is 18.8. The van der Waals surface area contributed by atoms with Crippen molar-refractivity contribution in [1.29, 1.82) is 0 Å². The number of urea groups is 1. The Hall–Kier alpha value is -1.79. The number of rotatable bonds is 3. The van der Waals surface area contributed by atoms with Crippen molar-refractivity contribution in [1.82, 2.24) is 0 Å². The van der Waals surface area contributed by atoms with Crippen LogP contribution in [-0.2, 0) is 9.47 Å². The Bertz CT molecular complexity index is 435. The number of hydrogen-bond donors (Lipinski definition) is 3. The molecule has 6 heteroatoms. The highest BCUT2D eigenvalue weighted by Gasteiger charge is 2.28. The summed E-state index contributed by atoms with van der Waals surface area (Å²) in [6, 6.07) is 6.83. The zero-order valence-electron chi connectivity index (χ0n) is 11.1. The van der Waals surface area contributed by atoms with Crippen molar-refractivity contribution in [2.24, 2.45) is 5.73 Å². The number of hydrogen-bond acceptors (Lipinski definition) is 4. The average molecular weight is 265 g/mol. The molecule has 0 radical (unpaired) electrons. The summed E-state index contributed by atoms with van der Waals surface area (Å²) in [6.07, 6.45) is 0. The van der Waals surface area contributed by atoms with E-state index in [-0.39, 0.29) is 6.04 Å². The molecule has 0 aliphatic carbocycles. The van der Waals surface area contributed by atoms with E-state index in [1.807, 2.05) is 26.0 Å². The summed E-state index contributed by atoms with van der Waals surface area (Å²) in [5.41, 5.74) is 6.64. The van der Waals surface area contributed by atoms with Crippen LogP contribution < -0.4 is 16.4 Å². The van der Waals surface area contributed by atoms with Crippen LogP contribution in [0.2, 0.25) is 0 Å². The second-order valence-electron chi connectivity index (χ2n) is 4.93. The maximum atomic E-state index is 10.7. The molecule has 104 valence electrons. The summed E-state index contributed by atoms with van der Waals surface area (Å²) < 4.78 is 11.1. The zero-order chi connectivity index (χ0) is 13.9. The van der Waals surface area contributed by atoms with Gasteiger partial charge in [-0.05, 0) is 38.1 Å². The first-order chi connectivity index (χ1) is 8.94. The minimum absolute atomic E-state index is 0.114. The molecule has 4 N–H and O–H groups in total. The molecular weight excluding hydrogens is 246 g/mol. The van der Waals surface area contributed by atoms with Crippen LogP contribution in [0.25, 0.3) is 0 Å². The minimum Gasteiger partial charge on any atom is -0.378 e. The molecule has 0 aromatic heterocycles. The van der Waals surface area contributed by atoms with Gasteiger partial charge in [0.2, 0.25) is 0 Å². The van der Waals surface area contributed by atoms with Crippen molar-refractivity contribution in [2.75, 3.05) is 23.8 Å². The lowest BCUT2D eigenvalue weighted by Crippen LogP contribution is -2.45. The smallest absolute Gasteiger partial charge is 0.316 e. The highest BCUT2D eigenvalue weighted by molar-refractivity contribution is 5.87. The fourth-order valence-electron chi connectivity index (χ4n) is 1.80. The Morgan fingerprint density at radius 2 is 1.74 bits per heavy atom. The van der Waals surface area contributed by atoms with E-state index in [1.54, 1.807) is 12.1 Å². The number of benzene rings is 1. The van der Waals surface area contributed by atoms with Crippen molar-refractivity contribution in [2.45, 2.75) is 25.7 Å². The molecule has 0 unspecified atom stereocenters. The van der Waals surface area contributed by atoms with E-state index in [4.69, 9.17) is 15.2 Å². The second kappa shape index (κ2) is 5.46. The molecule has 19 heavy (non-hydrogen) atoms. The number of carbonyl (C=O) groups excluding carboxylic acids is 1. The predicted molar refractivity (Wildman–Crippen MR) is 73.0 cm³/mol. The fourth-order valence-corrected chi connectivity index (χ4v) is 1.80. The lowest BCUT2D eigenvalue weighted by Gasteiger charge is -2.35. The fraction of sp³-hybridized carbons (Fsp3) is 0.462. The van der Waals surface area contributed by atoms with Gasteiger partial charge in [-0.3, -0.25) is 0 Å². The topological polar surface area (TPSA) is 85.6 Å². The molecule has 2 rings (SSSR count). The van der Waals surface area contributed by atoms with Crippen molar-refractivity contribution in [3.05, 3.63) is 24.3 Å². The van der Waals surface area contributed by atoms with E-state index in [2.05, 4.69) is 10.6 Å². The number of ether oxygens (including phenoxy) is 2. The molecule has 1 aliphatic rings. The van der Waals surface area contributed by atoms with Gasteiger partial charge in [-0.15, -0.1) is 0 Å². The number of anilines is 2. The molecule has 2 amide bonds. The Kier molecular flexibility index (Phi) is 3.92. The Morgan fingerprint density at radius 1 is 1.21 bits per heavy atom. The molecule has 0 bridgehead atoms. The number of nitrogens with two attached hydrogens (primary N) is 1. The highest BCUT2D eigenvalue weighted by Crippen LogP contribution is 2.20. The Labute approximate surface area is 112 Å². The molecular formula is C13H19N3O3. The van der Waals surface area contributed by atoms with Gasteiger partial charge in [0.1, 0.15) is 0 Å². The first kappa shape index (κ1) is 13.6. The molecule has 6 nitrogen and oxygen atoms in total. The standard InChI is InChI=1S/C13H19N3O3/c1-13(2)18-7-11(8-19-13)15-9-3-5-10(6-4-9)16-12(14)17/h3-6,11,15H,7-8H2,1-2H3,(H3,14,16,17). The number of amides is 2. The summed E-state index contributed by atoms with van der Waals surface area (Å²) in [5.74, 6) is -0.507. The molecule has 1 aliphatic heterocycles. The number of primary amides is 1. The van der Waals surface area contributed by atoms with E-state index in [9.17, 15) is 4.79 Å². The maximum absolute atomic E-state index is 10.7. The first-order valence-corrected chi connectivity index (χ1v) is 6.15. The monoisotopic (exact) mass is 265 g/mol. The van der Waals surface area contributed by atoms with Crippen LogP contribution in [0, 0.1) is 0 Å². The summed E-state index contributed by atoms with van der Waals surface area (Å²) in [4.78, 5) is 10.7. The third kappa shape index (κ3) is 4.11. The van der Waals surface area contributed by atoms with Gasteiger partial charge in [-0.25, -0.2) is 4.79 Å². The van der Waals surface area contributed by atoms with Crippen molar-refractivity contribution >= 4 is 17.4 Å². The molecule has 1 saturated heterocycles. The molecule has 1 heterocycles. The van der Waals surface area contributed by atoms with E-state index in [0.717, 1.165) is 5.69 Å². The summed E-state index contributed by atoms with van der Waals surface area (Å²) in [6.45, 7) is 4.98. The zero-order valence-corrected chi connectivity index (χ0v) is 11.1. The number of nitrogens with one attached hydrogen (secondary N) is 2. The SMILES string of the molecule is CC1(C)OCC(Nc2ccc(NC(N)=O)cc2)CO1. The van der Waals surface area contributed by atoms with Gasteiger partial charge in [-0.2, -0.15) is 0 Å². The van der Waals surface area contributed by atoms with Gasteiger partial charge in [0.15, 0.2) is 5.79 Å². The molecule has 0 spiro atoms. The maximum Gasteiger partial charge on any atom is 0.316 e. The van der Waals surface area contributed by atoms with Gasteiger partial charge < -0.3 is 25.8 Å². The van der Waals surface area contributed by atoms with Crippen LogP contribution in [0.1, 0.15) is 13.8 Å². The van der Waals surface area contributed by atoms with Crippen molar-refractivity contribution in [3.63, 3.8) is 0 Å². The number of carbonyl (C=O) groups is 1. The van der Waals surface area contributed by atoms with Crippen molar-refractivity contribution < 1.29 is 14.3 Å². The predicted octanol–water partition coefficient (Wildman–Crippen LogP) is 1.74. The Balaban J connectivity index is 1.88. The minimum atomic E-state index is -0.572. The largest absolute Gasteiger partial charge is 0.378 e. The van der Waals surface area contributed by atoms with Gasteiger partial charge in [-0.1, -0.05) is 0 Å². The summed E-state index contributed by atoms with van der Waals surface area (Å²) in [5, 5.41) is 5.81. The third-order valence-electron chi connectivity index (χ3n) is 2.79. The summed E-state index contributed by atoms with van der Waals surface area (Å²) in [7, 11) is 0. The van der Waals surface area contributed by atoms with Crippen LogP contribution in [0.4, 0.5) is 16.2 Å². The molecule has 0 atom stereocenters. The molecule has 1 aromatic rings. The lowest BCUT2D eigenvalue weighted by molar-refractivity contribution is -0.247. The van der Waals surface area contributed by atoms with Gasteiger partial charge in [0, 0.05) is 11.4 Å². The lowest BCUT2D eigenvalue weighted by atomic mass is 10.2. The molecule has 1 aromatic carbocycles. The van der Waals surface area contributed by atoms with Crippen LogP contribution >= 0.6 is 0 Å². The Morgan fingerprint density at radius 3 is 2.26 bits per heavy atom. The van der Waals surface area contributed by atoms with Crippen LogP contribution in [0.5, 0.6) is 0 Å². The second-order valence-corrected chi connectivity index (χ2v) is 4.93. The van der Waals surface area contributed by atoms with Crippen molar-refractivity contribution in [3.8, 4) is 0 Å². The summed E-state index contributed by atoms with van der Waals surface area (Å²) >= 11 is 0. The van der Waals surface area contributed by atoms with Crippen LogP contribution in [-0.4, -0.2) is 31.1 Å². The quantitative estimate of drug-likeness (QED) is 0.777. The third-order valence-corrected chi connectivity index (χ3v) is 2.79. The van der Waals surface area contributed by atoms with E-state index >= 15 is 0 Å². The van der Waals surface area contributed by atoms with Crippen LogP contribution in [0.3, 0.4) is 0 Å². The highest BCUT2D eigenvalue weighted by atomic mass is 16.7. The molecule has 1 fully saturated rings. The van der Waals surface area contributed by atoms with E-state index in [0.29, 0.717) is 18.9 Å². The first-order valence-electron chi connectivity index (χ1n) is 6.15. The van der Waals surface area contributed by atoms with Gasteiger partial charge in [0.05, 0.1) is 19.3 Å². The van der Waals surface area contributed by atoms with Gasteiger partial charge in [0.25, 0.3) is 0 Å². The van der Waals surface area contributed by atoms with E-state index < -0.39 is 11.8 Å². The van der Waals surface area contributed by atoms with E-state index in [1.165, 1.54) is 0 Å². The van der Waals surface area contributed by atoms with Gasteiger partial charge >= 0.3 is 6.03 Å². The molecule has 0 saturated carbocycles. The average Bonchev–Trinajstić information content (AvgIpc) is 2.34.